The smallest absolute Gasteiger partial charge is 0.287 e. The average Bonchev–Trinajstić information content (AvgIpc) is 3.37. The third kappa shape index (κ3) is 3.93. The van der Waals surface area contributed by atoms with Crippen molar-refractivity contribution in [3.05, 3.63) is 71.9 Å². The van der Waals surface area contributed by atoms with E-state index >= 15 is 0 Å². The van der Waals surface area contributed by atoms with Gasteiger partial charge in [0.25, 0.3) is 11.8 Å². The Morgan fingerprint density at radius 1 is 1.16 bits per heavy atom. The predicted octanol–water partition coefficient (Wildman–Crippen LogP) is 1.92. The van der Waals surface area contributed by atoms with Gasteiger partial charge in [-0.3, -0.25) is 24.5 Å². The number of aromatic nitrogens is 3. The number of hydrogen-bond acceptors (Lipinski definition) is 6. The number of aryl methyl sites for hydroxylation is 1. The average molecular weight is 417 g/mol. The van der Waals surface area contributed by atoms with Crippen molar-refractivity contribution in [3.63, 3.8) is 0 Å². The Labute approximate surface area is 176 Å². The molecule has 9 heteroatoms. The van der Waals surface area contributed by atoms with E-state index in [9.17, 15) is 14.4 Å². The maximum atomic E-state index is 13.0. The molecule has 9 nitrogen and oxygen atoms in total. The maximum absolute atomic E-state index is 13.0. The van der Waals surface area contributed by atoms with Crippen LogP contribution in [0, 0.1) is 6.92 Å². The van der Waals surface area contributed by atoms with Gasteiger partial charge >= 0.3 is 0 Å². The van der Waals surface area contributed by atoms with Crippen LogP contribution >= 0.6 is 0 Å². The molecule has 4 aromatic rings. The third-order valence-electron chi connectivity index (χ3n) is 4.93. The van der Waals surface area contributed by atoms with Gasteiger partial charge in [-0.2, -0.15) is 5.10 Å². The number of rotatable bonds is 7. The molecule has 1 unspecified atom stereocenters. The first kappa shape index (κ1) is 20.0. The van der Waals surface area contributed by atoms with E-state index in [1.54, 1.807) is 37.4 Å². The Morgan fingerprint density at radius 2 is 1.94 bits per heavy atom. The normalized spacial score (nSPS) is 11.9. The molecule has 4 N–H and O–H groups in total. The van der Waals surface area contributed by atoms with E-state index in [4.69, 9.17) is 10.2 Å². The van der Waals surface area contributed by atoms with Gasteiger partial charge in [-0.15, -0.1) is 0 Å². The van der Waals surface area contributed by atoms with Gasteiger partial charge in [0.05, 0.1) is 17.5 Å². The number of aromatic amines is 1. The maximum Gasteiger partial charge on any atom is 0.287 e. The Hall–Kier alpha value is -4.27. The first-order valence-electron chi connectivity index (χ1n) is 9.51. The zero-order valence-corrected chi connectivity index (χ0v) is 16.6. The third-order valence-corrected chi connectivity index (χ3v) is 4.93. The number of fused-ring (bicyclic) bond motifs is 1. The lowest BCUT2D eigenvalue weighted by atomic mass is 10.0. The van der Waals surface area contributed by atoms with Crippen LogP contribution < -0.4 is 11.1 Å². The molecule has 31 heavy (non-hydrogen) atoms. The largest absolute Gasteiger partial charge is 0.464 e. The summed E-state index contributed by atoms with van der Waals surface area (Å²) in [5.41, 5.74) is 8.29. The Bertz CT molecular complexity index is 1280. The number of Topliss-reactive ketones (excluding diaryl/α,β-unsaturated/α-hetero) is 1. The summed E-state index contributed by atoms with van der Waals surface area (Å²) < 4.78 is 5.49. The molecule has 1 atom stereocenters. The van der Waals surface area contributed by atoms with Crippen molar-refractivity contribution in [2.24, 2.45) is 5.73 Å². The highest BCUT2D eigenvalue weighted by molar-refractivity contribution is 6.38. The fourth-order valence-electron chi connectivity index (χ4n) is 3.44. The van der Waals surface area contributed by atoms with Gasteiger partial charge in [0.15, 0.2) is 5.69 Å². The lowest BCUT2D eigenvalue weighted by Crippen LogP contribution is -2.47. The second-order valence-corrected chi connectivity index (χ2v) is 7.00. The van der Waals surface area contributed by atoms with Gasteiger partial charge in [0.2, 0.25) is 5.78 Å². The van der Waals surface area contributed by atoms with Crippen molar-refractivity contribution in [2.75, 3.05) is 0 Å². The lowest BCUT2D eigenvalue weighted by molar-refractivity contribution is -0.137. The molecule has 0 spiro atoms. The zero-order valence-electron chi connectivity index (χ0n) is 16.6. The molecule has 0 saturated carbocycles. The van der Waals surface area contributed by atoms with Crippen molar-refractivity contribution >= 4 is 28.6 Å². The van der Waals surface area contributed by atoms with Gasteiger partial charge in [-0.25, -0.2) is 0 Å². The molecule has 1 aromatic carbocycles. The van der Waals surface area contributed by atoms with Gasteiger partial charge in [-0.1, -0.05) is 24.3 Å². The van der Waals surface area contributed by atoms with Crippen LogP contribution in [0.3, 0.4) is 0 Å². The van der Waals surface area contributed by atoms with Crippen LogP contribution in [0.15, 0.2) is 59.3 Å². The van der Waals surface area contributed by atoms with Crippen molar-refractivity contribution in [1.82, 2.24) is 20.5 Å². The Balaban J connectivity index is 1.65. The van der Waals surface area contributed by atoms with Crippen molar-refractivity contribution in [2.45, 2.75) is 19.4 Å². The summed E-state index contributed by atoms with van der Waals surface area (Å²) in [5.74, 6) is -2.68. The molecule has 0 saturated heterocycles. The van der Waals surface area contributed by atoms with Crippen molar-refractivity contribution in [1.29, 1.82) is 0 Å². The van der Waals surface area contributed by atoms with Crippen LogP contribution in [0.5, 0.6) is 0 Å². The van der Waals surface area contributed by atoms with Gasteiger partial charge in [-0.05, 0) is 25.1 Å². The molecule has 3 aromatic heterocycles. The van der Waals surface area contributed by atoms with Crippen LogP contribution in [0.25, 0.3) is 22.2 Å². The Morgan fingerprint density at radius 3 is 2.68 bits per heavy atom. The molecule has 2 amide bonds. The van der Waals surface area contributed by atoms with E-state index in [-0.39, 0.29) is 12.1 Å². The summed E-state index contributed by atoms with van der Waals surface area (Å²) in [6.45, 7) is 1.76. The van der Waals surface area contributed by atoms with Gasteiger partial charge in [0.1, 0.15) is 11.6 Å². The highest BCUT2D eigenvalue weighted by Crippen LogP contribution is 2.25. The fourth-order valence-corrected chi connectivity index (χ4v) is 3.44. The predicted molar refractivity (Wildman–Crippen MR) is 112 cm³/mol. The molecule has 0 aliphatic heterocycles. The minimum Gasteiger partial charge on any atom is -0.464 e. The number of para-hydroxylation sites is 1. The van der Waals surface area contributed by atoms with Crippen LogP contribution in [-0.2, 0) is 16.0 Å². The summed E-state index contributed by atoms with van der Waals surface area (Å²) in [6, 6.07) is 11.4. The number of amides is 2. The Kier molecular flexibility index (Phi) is 5.31. The number of carbonyl (C=O) groups excluding carboxylic acids is 3. The number of H-pyrrole nitrogens is 1. The quantitative estimate of drug-likeness (QED) is 0.392. The minimum absolute atomic E-state index is 0.0346. The summed E-state index contributed by atoms with van der Waals surface area (Å²) in [6.07, 6.45) is 3.13. The molecule has 0 aliphatic carbocycles. The van der Waals surface area contributed by atoms with Gasteiger partial charge < -0.3 is 15.5 Å². The number of nitrogens with one attached hydrogen (secondary N) is 2. The van der Waals surface area contributed by atoms with Crippen LogP contribution in [0.2, 0.25) is 0 Å². The molecule has 0 fully saturated rings. The molecule has 0 bridgehead atoms. The number of furan rings is 1. The highest BCUT2D eigenvalue weighted by Gasteiger charge is 2.29. The van der Waals surface area contributed by atoms with E-state index < -0.39 is 23.6 Å². The molecule has 3 heterocycles. The van der Waals surface area contributed by atoms with Crippen molar-refractivity contribution in [3.8, 4) is 11.3 Å². The minimum atomic E-state index is -1.18. The lowest BCUT2D eigenvalue weighted by Gasteiger charge is -2.15. The number of carbonyl (C=O) groups is 3. The van der Waals surface area contributed by atoms with E-state index in [0.29, 0.717) is 28.1 Å². The molecule has 0 aliphatic rings. The topological polar surface area (TPSA) is 144 Å². The first-order valence-corrected chi connectivity index (χ1v) is 9.51. The number of pyridine rings is 1. The van der Waals surface area contributed by atoms with E-state index in [0.717, 1.165) is 5.39 Å². The molecule has 0 radical (unpaired) electrons. The second-order valence-electron chi connectivity index (χ2n) is 7.00. The van der Waals surface area contributed by atoms with Crippen molar-refractivity contribution < 1.29 is 18.8 Å². The highest BCUT2D eigenvalue weighted by atomic mass is 16.3. The van der Waals surface area contributed by atoms with Crippen LogP contribution in [-0.4, -0.2) is 38.8 Å². The molecular weight excluding hydrogens is 398 g/mol. The summed E-state index contributed by atoms with van der Waals surface area (Å²) in [7, 11) is 0. The number of primary amides is 1. The summed E-state index contributed by atoms with van der Waals surface area (Å²) in [4.78, 5) is 41.4. The zero-order chi connectivity index (χ0) is 22.0. The van der Waals surface area contributed by atoms with Crippen LogP contribution in [0.1, 0.15) is 21.7 Å². The molecular formula is C22H19N5O4. The molecule has 156 valence electrons. The number of benzene rings is 1. The summed E-state index contributed by atoms with van der Waals surface area (Å²) in [5, 5.41) is 10.2. The summed E-state index contributed by atoms with van der Waals surface area (Å²) >= 11 is 0. The standard InChI is InChI=1S/C22H19N5O4/c1-12-18(15-7-4-5-9-24-15)19(27-26-12)22(30)25-16(20(28)21(23)29)10-13-11-31-17-8-3-2-6-14(13)17/h2-9,11,16H,10H2,1H3,(H2,23,29)(H,25,30)(H,26,27). The van der Waals surface area contributed by atoms with E-state index in [1.165, 1.54) is 6.26 Å². The number of hydrogen-bond donors (Lipinski definition) is 3. The van der Waals surface area contributed by atoms with E-state index in [2.05, 4.69) is 20.5 Å². The van der Waals surface area contributed by atoms with E-state index in [1.807, 2.05) is 18.2 Å². The van der Waals surface area contributed by atoms with Crippen LogP contribution in [0.4, 0.5) is 0 Å². The second kappa shape index (κ2) is 8.23. The number of nitrogens with zero attached hydrogens (tertiary/aromatic N) is 2. The first-order chi connectivity index (χ1) is 15.0. The monoisotopic (exact) mass is 417 g/mol. The SMILES string of the molecule is Cc1[nH]nc(C(=O)NC(Cc2coc3ccccc23)C(=O)C(N)=O)c1-c1ccccn1. The van der Waals surface area contributed by atoms with Gasteiger partial charge in [0, 0.05) is 29.3 Å². The number of ketones is 1. The fraction of sp³-hybridized carbons (Fsp3) is 0.136. The molecule has 4 rings (SSSR count). The number of nitrogens with two attached hydrogens (primary N) is 1.